The van der Waals surface area contributed by atoms with Crippen molar-refractivity contribution in [3.05, 3.63) is 24.3 Å². The second kappa shape index (κ2) is 4.97. The van der Waals surface area contributed by atoms with E-state index in [9.17, 15) is 13.0 Å². The minimum Gasteiger partial charge on any atom is -0.744 e. The van der Waals surface area contributed by atoms with Crippen molar-refractivity contribution in [1.29, 1.82) is 0 Å². The fraction of sp³-hybridized carbons (Fsp3) is 0.143. The average Bonchev–Trinajstić information content (AvgIpc) is 2.03. The molecule has 0 N–H and O–H groups in total. The molecule has 0 radical (unpaired) electrons. The predicted octanol–water partition coefficient (Wildman–Crippen LogP) is -2.40. The van der Waals surface area contributed by atoms with Crippen LogP contribution in [0.5, 0.6) is 5.75 Å². The number of ether oxygens (including phenoxy) is 1. The fourth-order valence-electron chi connectivity index (χ4n) is 0.825. The summed E-state index contributed by atoms with van der Waals surface area (Å²) in [6.07, 6.45) is 0. The Hall–Kier alpha value is -0.0700. The fourth-order valence-corrected chi connectivity index (χ4v) is 1.47. The Balaban J connectivity index is 0.00000144. The van der Waals surface area contributed by atoms with Gasteiger partial charge in [0.15, 0.2) is 0 Å². The van der Waals surface area contributed by atoms with Crippen LogP contribution in [0.25, 0.3) is 0 Å². The molecule has 4 nitrogen and oxygen atoms in total. The molecule has 0 bridgehead atoms. The Kier molecular flexibility index (Phi) is 4.95. The number of benzene rings is 1. The van der Waals surface area contributed by atoms with Crippen LogP contribution in [0.15, 0.2) is 29.2 Å². The molecule has 0 fully saturated rings. The van der Waals surface area contributed by atoms with Gasteiger partial charge in [-0.15, -0.1) is 0 Å². The van der Waals surface area contributed by atoms with Gasteiger partial charge in [0.2, 0.25) is 0 Å². The van der Waals surface area contributed by atoms with Gasteiger partial charge in [-0.3, -0.25) is 0 Å². The first-order valence-electron chi connectivity index (χ1n) is 3.14. The van der Waals surface area contributed by atoms with Crippen molar-refractivity contribution in [2.24, 2.45) is 0 Å². The van der Waals surface area contributed by atoms with E-state index in [2.05, 4.69) is 0 Å². The van der Waals surface area contributed by atoms with Gasteiger partial charge in [-0.25, -0.2) is 8.42 Å². The van der Waals surface area contributed by atoms with Crippen molar-refractivity contribution >= 4 is 10.1 Å². The topological polar surface area (TPSA) is 66.4 Å². The summed E-state index contributed by atoms with van der Waals surface area (Å²) in [7, 11) is -3.11. The van der Waals surface area contributed by atoms with Crippen LogP contribution in [0.1, 0.15) is 0 Å². The van der Waals surface area contributed by atoms with Gasteiger partial charge in [0, 0.05) is 0 Å². The second-order valence-corrected chi connectivity index (χ2v) is 3.45. The predicted molar refractivity (Wildman–Crippen MR) is 41.0 cm³/mol. The zero-order chi connectivity index (χ0) is 9.19. The largest absolute Gasteiger partial charge is 1.00 e. The molecule has 0 heterocycles. The average molecular weight is 210 g/mol. The molecule has 6 heteroatoms. The van der Waals surface area contributed by atoms with E-state index in [4.69, 9.17) is 4.74 Å². The van der Waals surface area contributed by atoms with Gasteiger partial charge in [0.1, 0.15) is 15.9 Å². The molecule has 0 aliphatic carbocycles. The zero-order valence-corrected chi connectivity index (χ0v) is 10.2. The molecule has 0 aliphatic rings. The molecule has 0 saturated carbocycles. The first-order chi connectivity index (χ1) is 5.55. The van der Waals surface area contributed by atoms with E-state index in [1.54, 1.807) is 6.07 Å². The molecule has 1 aromatic carbocycles. The van der Waals surface area contributed by atoms with Gasteiger partial charge in [0.05, 0.1) is 12.0 Å². The molecule has 0 amide bonds. The van der Waals surface area contributed by atoms with E-state index in [0.717, 1.165) is 0 Å². The molecule has 66 valence electrons. The third-order valence-electron chi connectivity index (χ3n) is 1.34. The van der Waals surface area contributed by atoms with Crippen molar-refractivity contribution in [3.63, 3.8) is 0 Å². The van der Waals surface area contributed by atoms with Crippen LogP contribution in [0.3, 0.4) is 0 Å². The minimum absolute atomic E-state index is 0. The minimum atomic E-state index is -4.42. The van der Waals surface area contributed by atoms with Gasteiger partial charge < -0.3 is 9.29 Å². The van der Waals surface area contributed by atoms with E-state index >= 15 is 0 Å². The smallest absolute Gasteiger partial charge is 0.744 e. The maximum Gasteiger partial charge on any atom is 1.00 e. The molecule has 1 aromatic rings. The molecule has 0 aliphatic heterocycles. The third-order valence-corrected chi connectivity index (χ3v) is 2.21. The molecule has 13 heavy (non-hydrogen) atoms. The van der Waals surface area contributed by atoms with Gasteiger partial charge in [-0.1, -0.05) is 12.1 Å². The standard InChI is InChI=1S/C7H8O4S.Na/c1-11-6-4-2-3-5-7(6)12(8,9)10;/h2-5H,1H3,(H,8,9,10);/q;+1/p-1. The molecular weight excluding hydrogens is 203 g/mol. The normalized spacial score (nSPS) is 10.3. The van der Waals surface area contributed by atoms with Gasteiger partial charge >= 0.3 is 29.6 Å². The van der Waals surface area contributed by atoms with E-state index in [1.807, 2.05) is 0 Å². The summed E-state index contributed by atoms with van der Waals surface area (Å²) in [5.74, 6) is 0.0764. The maximum atomic E-state index is 10.6. The molecule has 0 spiro atoms. The Labute approximate surface area is 99.0 Å². The molecule has 0 unspecified atom stereocenters. The summed E-state index contributed by atoms with van der Waals surface area (Å²) >= 11 is 0. The van der Waals surface area contributed by atoms with Crippen LogP contribution < -0.4 is 34.3 Å². The Morgan fingerprint density at radius 2 is 1.85 bits per heavy atom. The number of rotatable bonds is 2. The van der Waals surface area contributed by atoms with Gasteiger partial charge in [-0.2, -0.15) is 0 Å². The molecule has 0 saturated heterocycles. The monoisotopic (exact) mass is 210 g/mol. The van der Waals surface area contributed by atoms with Crippen LogP contribution in [0.2, 0.25) is 0 Å². The van der Waals surface area contributed by atoms with Gasteiger partial charge in [-0.05, 0) is 12.1 Å². The molecule has 1 rings (SSSR count). The quantitative estimate of drug-likeness (QED) is 0.403. The summed E-state index contributed by atoms with van der Waals surface area (Å²) in [5.41, 5.74) is 0. The van der Waals surface area contributed by atoms with Crippen LogP contribution in [0.4, 0.5) is 0 Å². The SMILES string of the molecule is COc1ccccc1S(=O)(=O)[O-].[Na+]. The molecule has 0 aromatic heterocycles. The third kappa shape index (κ3) is 3.28. The van der Waals surface area contributed by atoms with Crippen LogP contribution in [-0.2, 0) is 10.1 Å². The Morgan fingerprint density at radius 3 is 2.23 bits per heavy atom. The summed E-state index contributed by atoms with van der Waals surface area (Å²) in [4.78, 5) is -0.326. The summed E-state index contributed by atoms with van der Waals surface area (Å²) in [6.45, 7) is 0. The van der Waals surface area contributed by atoms with Crippen molar-refractivity contribution in [1.82, 2.24) is 0 Å². The van der Waals surface area contributed by atoms with Crippen LogP contribution >= 0.6 is 0 Å². The van der Waals surface area contributed by atoms with E-state index in [1.165, 1.54) is 25.3 Å². The van der Waals surface area contributed by atoms with Crippen LogP contribution in [0, 0.1) is 0 Å². The second-order valence-electron chi connectivity index (χ2n) is 2.10. The van der Waals surface area contributed by atoms with Crippen molar-refractivity contribution < 1.29 is 47.3 Å². The Morgan fingerprint density at radius 1 is 1.31 bits per heavy atom. The summed E-state index contributed by atoms with van der Waals surface area (Å²) in [5, 5.41) is 0. The van der Waals surface area contributed by atoms with E-state index in [-0.39, 0.29) is 40.2 Å². The van der Waals surface area contributed by atoms with E-state index in [0.29, 0.717) is 0 Å². The van der Waals surface area contributed by atoms with Crippen molar-refractivity contribution in [2.75, 3.05) is 7.11 Å². The summed E-state index contributed by atoms with van der Waals surface area (Å²) in [6, 6.07) is 5.69. The number of hydrogen-bond donors (Lipinski definition) is 0. The summed E-state index contributed by atoms with van der Waals surface area (Å²) < 4.78 is 36.4. The van der Waals surface area contributed by atoms with Gasteiger partial charge in [0.25, 0.3) is 0 Å². The first kappa shape index (κ1) is 12.9. The molecular formula is C7H7NaO4S. The van der Waals surface area contributed by atoms with Crippen LogP contribution in [-0.4, -0.2) is 20.1 Å². The number of methoxy groups -OCH3 is 1. The van der Waals surface area contributed by atoms with E-state index < -0.39 is 10.1 Å². The Bertz CT molecular complexity index is 374. The zero-order valence-electron chi connectivity index (χ0n) is 7.35. The number of hydrogen-bond acceptors (Lipinski definition) is 4. The van der Waals surface area contributed by atoms with Crippen molar-refractivity contribution in [3.8, 4) is 5.75 Å². The first-order valence-corrected chi connectivity index (χ1v) is 4.55. The number of para-hydroxylation sites is 1. The maximum absolute atomic E-state index is 10.6. The van der Waals surface area contributed by atoms with Crippen molar-refractivity contribution in [2.45, 2.75) is 4.90 Å². The molecule has 0 atom stereocenters.